The summed E-state index contributed by atoms with van der Waals surface area (Å²) in [6, 6.07) is 0. The Kier molecular flexibility index (Phi) is 2.96. The molecule has 0 radical (unpaired) electrons. The molecule has 0 fully saturated rings. The Morgan fingerprint density at radius 3 is 2.20 bits per heavy atom. The second-order valence-corrected chi connectivity index (χ2v) is 3.24. The van der Waals surface area contributed by atoms with Crippen molar-refractivity contribution in [3.63, 3.8) is 0 Å². The van der Waals surface area contributed by atoms with E-state index in [-0.39, 0.29) is 5.38 Å². The molecule has 0 spiro atoms. The van der Waals surface area contributed by atoms with Gasteiger partial charge in [0.05, 0.1) is 5.38 Å². The molecule has 1 atom stereocenters. The first-order valence-electron chi connectivity index (χ1n) is 2.92. The van der Waals surface area contributed by atoms with Crippen LogP contribution in [0.2, 0.25) is 0 Å². The number of carbonyl (C=O) groups is 1. The predicted octanol–water partition coefficient (Wildman–Crippen LogP) is 2.09. The van der Waals surface area contributed by atoms with Crippen LogP contribution in [0.1, 0.15) is 20.8 Å². The maximum atomic E-state index is 10.0. The third-order valence-corrected chi connectivity index (χ3v) is 1.83. The van der Waals surface area contributed by atoms with Gasteiger partial charge >= 0.3 is 6.16 Å². The predicted molar refractivity (Wildman–Crippen MR) is 38.5 cm³/mol. The molecule has 0 aromatic heterocycles. The van der Waals surface area contributed by atoms with Gasteiger partial charge in [-0.1, -0.05) is 0 Å². The van der Waals surface area contributed by atoms with Gasteiger partial charge in [0.2, 0.25) is 0 Å². The zero-order chi connectivity index (χ0) is 8.36. The van der Waals surface area contributed by atoms with Crippen LogP contribution in [0.5, 0.6) is 0 Å². The van der Waals surface area contributed by atoms with Crippen LogP contribution in [0.25, 0.3) is 0 Å². The van der Waals surface area contributed by atoms with E-state index < -0.39 is 11.8 Å². The molecule has 0 unspecified atom stereocenters. The molecule has 1 N–H and O–H groups in total. The number of alkyl halides is 1. The van der Waals surface area contributed by atoms with Crippen molar-refractivity contribution in [2.75, 3.05) is 0 Å². The Morgan fingerprint density at radius 2 is 2.10 bits per heavy atom. The fraction of sp³-hybridized carbons (Fsp3) is 0.833. The summed E-state index contributed by atoms with van der Waals surface area (Å²) < 4.78 is 4.48. The summed E-state index contributed by atoms with van der Waals surface area (Å²) in [7, 11) is 0. The minimum atomic E-state index is -1.29. The van der Waals surface area contributed by atoms with E-state index in [2.05, 4.69) is 4.74 Å². The highest BCUT2D eigenvalue weighted by atomic mass is 35.5. The monoisotopic (exact) mass is 166 g/mol. The van der Waals surface area contributed by atoms with E-state index >= 15 is 0 Å². The molecule has 0 aliphatic carbocycles. The van der Waals surface area contributed by atoms with Crippen LogP contribution < -0.4 is 0 Å². The molecule has 0 rings (SSSR count). The van der Waals surface area contributed by atoms with Gasteiger partial charge in [-0.3, -0.25) is 0 Å². The minimum absolute atomic E-state index is 0.330. The second kappa shape index (κ2) is 3.10. The van der Waals surface area contributed by atoms with Crippen LogP contribution in [0.15, 0.2) is 0 Å². The van der Waals surface area contributed by atoms with E-state index in [0.717, 1.165) is 0 Å². The zero-order valence-corrected chi connectivity index (χ0v) is 6.97. The van der Waals surface area contributed by atoms with Crippen molar-refractivity contribution >= 4 is 17.8 Å². The van der Waals surface area contributed by atoms with Gasteiger partial charge in [0.25, 0.3) is 0 Å². The molecule has 0 aliphatic rings. The summed E-state index contributed by atoms with van der Waals surface area (Å²) in [6.45, 7) is 4.93. The highest BCUT2D eigenvalue weighted by Crippen LogP contribution is 2.19. The summed E-state index contributed by atoms with van der Waals surface area (Å²) in [6.07, 6.45) is -1.29. The lowest BCUT2D eigenvalue weighted by Gasteiger charge is -2.25. The molecule has 0 heterocycles. The van der Waals surface area contributed by atoms with E-state index in [1.54, 1.807) is 20.8 Å². The number of rotatable bonds is 2. The van der Waals surface area contributed by atoms with Crippen molar-refractivity contribution < 1.29 is 14.6 Å². The van der Waals surface area contributed by atoms with E-state index in [1.165, 1.54) is 0 Å². The van der Waals surface area contributed by atoms with Crippen LogP contribution in [0.4, 0.5) is 4.79 Å². The first-order valence-corrected chi connectivity index (χ1v) is 3.36. The summed E-state index contributed by atoms with van der Waals surface area (Å²) in [4.78, 5) is 10.0. The summed E-state index contributed by atoms with van der Waals surface area (Å²) in [5, 5.41) is 7.89. The van der Waals surface area contributed by atoms with Crippen LogP contribution in [0.3, 0.4) is 0 Å². The van der Waals surface area contributed by atoms with Crippen molar-refractivity contribution in [2.45, 2.75) is 31.7 Å². The standard InChI is InChI=1S/C6H11ClO3/c1-4(7)6(2,3)10-5(8)9/h4H,1-3H3,(H,8,9)/t4-/m1/s1. The van der Waals surface area contributed by atoms with Gasteiger partial charge < -0.3 is 9.84 Å². The molecule has 0 aliphatic heterocycles. The zero-order valence-electron chi connectivity index (χ0n) is 6.22. The smallest absolute Gasteiger partial charge is 0.450 e. The average molecular weight is 167 g/mol. The number of hydrogen-bond acceptors (Lipinski definition) is 2. The van der Waals surface area contributed by atoms with Gasteiger partial charge in [0.1, 0.15) is 5.60 Å². The van der Waals surface area contributed by atoms with Crippen LogP contribution >= 0.6 is 11.6 Å². The number of ether oxygens (including phenoxy) is 1. The lowest BCUT2D eigenvalue weighted by molar-refractivity contribution is 0.00399. The van der Waals surface area contributed by atoms with Gasteiger partial charge in [-0.2, -0.15) is 0 Å². The number of hydrogen-bond donors (Lipinski definition) is 1. The maximum absolute atomic E-state index is 10.0. The number of halogens is 1. The molecular weight excluding hydrogens is 156 g/mol. The van der Waals surface area contributed by atoms with E-state index in [1.807, 2.05) is 0 Å². The Balaban J connectivity index is 3.99. The largest absolute Gasteiger partial charge is 0.506 e. The molecule has 0 aromatic rings. The summed E-state index contributed by atoms with van der Waals surface area (Å²) in [5.74, 6) is 0. The summed E-state index contributed by atoms with van der Waals surface area (Å²) >= 11 is 5.63. The van der Waals surface area contributed by atoms with E-state index in [0.29, 0.717) is 0 Å². The molecule has 3 nitrogen and oxygen atoms in total. The fourth-order valence-electron chi connectivity index (χ4n) is 0.306. The van der Waals surface area contributed by atoms with E-state index in [4.69, 9.17) is 16.7 Å². The van der Waals surface area contributed by atoms with E-state index in [9.17, 15) is 4.79 Å². The van der Waals surface area contributed by atoms with Crippen molar-refractivity contribution in [3.05, 3.63) is 0 Å². The Morgan fingerprint density at radius 1 is 1.70 bits per heavy atom. The van der Waals surface area contributed by atoms with Crippen molar-refractivity contribution in [1.29, 1.82) is 0 Å². The fourth-order valence-corrected chi connectivity index (χ4v) is 0.351. The third kappa shape index (κ3) is 2.92. The van der Waals surface area contributed by atoms with Gasteiger partial charge in [-0.25, -0.2) is 4.79 Å². The minimum Gasteiger partial charge on any atom is -0.450 e. The highest BCUT2D eigenvalue weighted by molar-refractivity contribution is 6.21. The molecule has 4 heteroatoms. The lowest BCUT2D eigenvalue weighted by Crippen LogP contribution is -2.35. The lowest BCUT2D eigenvalue weighted by atomic mass is 10.1. The average Bonchev–Trinajstić information content (AvgIpc) is 1.60. The molecule has 0 saturated carbocycles. The molecule has 60 valence electrons. The quantitative estimate of drug-likeness (QED) is 0.505. The molecule has 10 heavy (non-hydrogen) atoms. The van der Waals surface area contributed by atoms with Crippen LogP contribution in [-0.2, 0) is 4.74 Å². The Bertz CT molecular complexity index is 131. The normalized spacial score (nSPS) is 14.4. The van der Waals surface area contributed by atoms with Crippen LogP contribution in [0, 0.1) is 0 Å². The molecular formula is C6H11ClO3. The van der Waals surface area contributed by atoms with Crippen molar-refractivity contribution in [2.24, 2.45) is 0 Å². The second-order valence-electron chi connectivity index (χ2n) is 2.59. The third-order valence-electron chi connectivity index (χ3n) is 1.31. The van der Waals surface area contributed by atoms with Crippen LogP contribution in [-0.4, -0.2) is 22.2 Å². The Labute approximate surface area is 64.9 Å². The van der Waals surface area contributed by atoms with Gasteiger partial charge in [-0.05, 0) is 20.8 Å². The van der Waals surface area contributed by atoms with Crippen molar-refractivity contribution in [3.8, 4) is 0 Å². The summed E-state index contributed by atoms with van der Waals surface area (Å²) in [5.41, 5.74) is -0.812. The molecule has 0 saturated heterocycles. The first-order chi connectivity index (χ1) is 4.36. The maximum Gasteiger partial charge on any atom is 0.506 e. The molecule has 0 amide bonds. The Hall–Kier alpha value is -0.440. The SMILES string of the molecule is C[C@@H](Cl)C(C)(C)OC(=O)O. The van der Waals surface area contributed by atoms with Crippen molar-refractivity contribution in [1.82, 2.24) is 0 Å². The topological polar surface area (TPSA) is 46.5 Å². The van der Waals surface area contributed by atoms with Gasteiger partial charge in [0.15, 0.2) is 0 Å². The van der Waals surface area contributed by atoms with Gasteiger partial charge in [0, 0.05) is 0 Å². The highest BCUT2D eigenvalue weighted by Gasteiger charge is 2.28. The number of carboxylic acid groups (broad SMARTS) is 1. The molecule has 0 aromatic carbocycles. The van der Waals surface area contributed by atoms with Gasteiger partial charge in [-0.15, -0.1) is 11.6 Å². The molecule has 0 bridgehead atoms. The first kappa shape index (κ1) is 9.56.